The van der Waals surface area contributed by atoms with E-state index in [4.69, 9.17) is 23.2 Å². The monoisotopic (exact) mass is 325 g/mol. The highest BCUT2D eigenvalue weighted by Gasteiger charge is 2.46. The van der Waals surface area contributed by atoms with Crippen molar-refractivity contribution in [2.75, 3.05) is 7.11 Å². The van der Waals surface area contributed by atoms with E-state index >= 15 is 0 Å². The van der Waals surface area contributed by atoms with Gasteiger partial charge < -0.3 is 4.74 Å². The molecule has 110 valence electrons. The number of Topliss-reactive ketones (excluding diaryl/α,β-unsaturated/α-hetero) is 1. The number of nitrogens with zero attached hydrogens (tertiary/aromatic N) is 1. The molecular weight excluding hydrogens is 313 g/mol. The zero-order valence-electron chi connectivity index (χ0n) is 11.4. The minimum Gasteiger partial charge on any atom is -0.468 e. The molecule has 2 rings (SSSR count). The van der Waals surface area contributed by atoms with Crippen LogP contribution < -0.4 is 0 Å². The van der Waals surface area contributed by atoms with Crippen LogP contribution in [0, 0.1) is 17.2 Å². The van der Waals surface area contributed by atoms with Gasteiger partial charge in [0.25, 0.3) is 0 Å². The number of carbonyl (C=O) groups excluding carboxylic acids is 2. The molecule has 1 aliphatic carbocycles. The molecule has 4 nitrogen and oxygen atoms in total. The van der Waals surface area contributed by atoms with Crippen molar-refractivity contribution in [3.63, 3.8) is 0 Å². The lowest BCUT2D eigenvalue weighted by Crippen LogP contribution is -2.40. The molecule has 0 N–H and O–H groups in total. The van der Waals surface area contributed by atoms with Crippen LogP contribution in [0.5, 0.6) is 0 Å². The van der Waals surface area contributed by atoms with Crippen molar-refractivity contribution in [3.8, 4) is 6.07 Å². The average Bonchev–Trinajstić information content (AvgIpc) is 2.47. The fourth-order valence-corrected chi connectivity index (χ4v) is 3.31. The Morgan fingerprint density at radius 1 is 1.48 bits per heavy atom. The molecule has 2 atom stereocenters. The molecule has 21 heavy (non-hydrogen) atoms. The maximum absolute atomic E-state index is 11.9. The van der Waals surface area contributed by atoms with E-state index in [0.717, 1.165) is 0 Å². The minimum absolute atomic E-state index is 0.0797. The Hall–Kier alpha value is -1.57. The number of ether oxygens (including phenoxy) is 1. The summed E-state index contributed by atoms with van der Waals surface area (Å²) in [5.41, 5.74) is -0.383. The molecule has 1 aromatic rings. The summed E-state index contributed by atoms with van der Waals surface area (Å²) in [4.78, 5) is 23.6. The zero-order valence-corrected chi connectivity index (χ0v) is 12.9. The van der Waals surface area contributed by atoms with Crippen LogP contribution in [0.1, 0.15) is 24.8 Å². The Morgan fingerprint density at radius 2 is 2.19 bits per heavy atom. The van der Waals surface area contributed by atoms with E-state index < -0.39 is 17.3 Å². The molecule has 1 aliphatic rings. The number of hydrogen-bond acceptors (Lipinski definition) is 4. The van der Waals surface area contributed by atoms with Gasteiger partial charge in [0, 0.05) is 16.5 Å². The molecule has 0 spiro atoms. The van der Waals surface area contributed by atoms with E-state index in [1.807, 2.05) is 0 Å². The number of ketones is 1. The Balaban J connectivity index is 2.45. The van der Waals surface area contributed by atoms with Crippen LogP contribution in [-0.2, 0) is 19.7 Å². The highest BCUT2D eigenvalue weighted by Crippen LogP contribution is 2.43. The van der Waals surface area contributed by atoms with Crippen LogP contribution in [0.2, 0.25) is 10.0 Å². The highest BCUT2D eigenvalue weighted by molar-refractivity contribution is 6.35. The molecule has 0 aromatic heterocycles. The second-order valence-corrected chi connectivity index (χ2v) is 5.91. The Kier molecular flexibility index (Phi) is 4.55. The fourth-order valence-electron chi connectivity index (χ4n) is 2.72. The van der Waals surface area contributed by atoms with Gasteiger partial charge in [-0.2, -0.15) is 5.26 Å². The Bertz CT molecular complexity index is 630. The molecule has 0 unspecified atom stereocenters. The molecule has 0 aliphatic heterocycles. The number of rotatable bonds is 2. The lowest BCUT2D eigenvalue weighted by Gasteiger charge is -2.34. The van der Waals surface area contributed by atoms with Gasteiger partial charge in [0.2, 0.25) is 0 Å². The van der Waals surface area contributed by atoms with E-state index in [-0.39, 0.29) is 18.6 Å². The summed E-state index contributed by atoms with van der Waals surface area (Å²) >= 11 is 12.1. The quantitative estimate of drug-likeness (QED) is 0.618. The normalized spacial score (nSPS) is 25.2. The SMILES string of the molecule is COC(=O)[C@H]1C[C@](C#N)(c2ccc(Cl)cc2Cl)CCC1=O. The largest absolute Gasteiger partial charge is 0.468 e. The third kappa shape index (κ3) is 2.90. The smallest absolute Gasteiger partial charge is 0.316 e. The van der Waals surface area contributed by atoms with Crippen LogP contribution in [0.15, 0.2) is 18.2 Å². The first-order valence-electron chi connectivity index (χ1n) is 6.41. The molecule has 1 aromatic carbocycles. The van der Waals surface area contributed by atoms with Gasteiger partial charge in [-0.25, -0.2) is 0 Å². The van der Waals surface area contributed by atoms with Gasteiger partial charge >= 0.3 is 5.97 Å². The number of nitriles is 1. The molecule has 6 heteroatoms. The number of benzene rings is 1. The second kappa shape index (κ2) is 6.05. The molecule has 1 fully saturated rings. The summed E-state index contributed by atoms with van der Waals surface area (Å²) in [5.74, 6) is -1.72. The molecule has 1 saturated carbocycles. The Morgan fingerprint density at radius 3 is 2.76 bits per heavy atom. The van der Waals surface area contributed by atoms with Crippen molar-refractivity contribution in [3.05, 3.63) is 33.8 Å². The first kappa shape index (κ1) is 15.8. The summed E-state index contributed by atoms with van der Waals surface area (Å²) in [7, 11) is 1.23. The number of esters is 1. The van der Waals surface area contributed by atoms with Gasteiger partial charge in [0.1, 0.15) is 11.7 Å². The molecule has 0 amide bonds. The third-order valence-electron chi connectivity index (χ3n) is 3.89. The van der Waals surface area contributed by atoms with Crippen molar-refractivity contribution in [2.24, 2.45) is 5.92 Å². The van der Waals surface area contributed by atoms with Crippen molar-refractivity contribution in [1.82, 2.24) is 0 Å². The number of methoxy groups -OCH3 is 1. The molecule has 0 radical (unpaired) electrons. The average molecular weight is 326 g/mol. The van der Waals surface area contributed by atoms with E-state index in [9.17, 15) is 14.9 Å². The van der Waals surface area contributed by atoms with Crippen molar-refractivity contribution >= 4 is 35.0 Å². The molecular formula is C15H13Cl2NO3. The van der Waals surface area contributed by atoms with Gasteiger partial charge in [-0.1, -0.05) is 29.3 Å². The first-order chi connectivity index (χ1) is 9.93. The van der Waals surface area contributed by atoms with Crippen LogP contribution in [-0.4, -0.2) is 18.9 Å². The van der Waals surface area contributed by atoms with E-state index in [1.54, 1.807) is 18.2 Å². The van der Waals surface area contributed by atoms with Gasteiger partial charge in [-0.05, 0) is 30.5 Å². The van der Waals surface area contributed by atoms with E-state index in [0.29, 0.717) is 22.0 Å². The lowest BCUT2D eigenvalue weighted by molar-refractivity contribution is -0.151. The zero-order chi connectivity index (χ0) is 15.6. The summed E-state index contributed by atoms with van der Waals surface area (Å²) in [6, 6.07) is 7.12. The molecule has 0 saturated heterocycles. The minimum atomic E-state index is -0.978. The van der Waals surface area contributed by atoms with Crippen LogP contribution in [0.3, 0.4) is 0 Å². The Labute approximate surface area is 132 Å². The summed E-state index contributed by atoms with van der Waals surface area (Å²) in [5, 5.41) is 10.5. The highest BCUT2D eigenvalue weighted by atomic mass is 35.5. The predicted octanol–water partition coefficient (Wildman–Crippen LogP) is 3.30. The summed E-state index contributed by atoms with van der Waals surface area (Å²) < 4.78 is 4.66. The summed E-state index contributed by atoms with van der Waals surface area (Å²) in [6.07, 6.45) is 0.555. The van der Waals surface area contributed by atoms with Gasteiger partial charge in [0.15, 0.2) is 0 Å². The van der Waals surface area contributed by atoms with Gasteiger partial charge in [0.05, 0.1) is 18.6 Å². The molecule has 0 bridgehead atoms. The maximum Gasteiger partial charge on any atom is 0.316 e. The van der Waals surface area contributed by atoms with Crippen molar-refractivity contribution in [1.29, 1.82) is 5.26 Å². The van der Waals surface area contributed by atoms with Gasteiger partial charge in [-0.15, -0.1) is 0 Å². The van der Waals surface area contributed by atoms with Crippen LogP contribution >= 0.6 is 23.2 Å². The topological polar surface area (TPSA) is 67.2 Å². The number of halogens is 2. The van der Waals surface area contributed by atoms with Crippen LogP contribution in [0.4, 0.5) is 0 Å². The number of carbonyl (C=O) groups is 2. The van der Waals surface area contributed by atoms with Crippen LogP contribution in [0.25, 0.3) is 0 Å². The van der Waals surface area contributed by atoms with Crippen molar-refractivity contribution < 1.29 is 14.3 Å². The molecule has 0 heterocycles. The lowest BCUT2D eigenvalue weighted by atomic mass is 9.66. The third-order valence-corrected chi connectivity index (χ3v) is 4.43. The fraction of sp³-hybridized carbons (Fsp3) is 0.400. The summed E-state index contributed by atoms with van der Waals surface area (Å²) in [6.45, 7) is 0. The van der Waals surface area contributed by atoms with E-state index in [1.165, 1.54) is 7.11 Å². The van der Waals surface area contributed by atoms with Gasteiger partial charge in [-0.3, -0.25) is 9.59 Å². The number of hydrogen-bond donors (Lipinski definition) is 0. The van der Waals surface area contributed by atoms with Crippen molar-refractivity contribution in [2.45, 2.75) is 24.7 Å². The van der Waals surface area contributed by atoms with E-state index in [2.05, 4.69) is 10.8 Å². The predicted molar refractivity (Wildman–Crippen MR) is 78.1 cm³/mol. The second-order valence-electron chi connectivity index (χ2n) is 5.06. The standard InChI is InChI=1S/C15H13Cl2NO3/c1-21-14(20)10-7-15(8-18,5-4-13(10)19)11-3-2-9(16)6-12(11)17/h2-3,6,10H,4-5,7H2,1H3/t10-,15+/m0/s1. The maximum atomic E-state index is 11.9. The first-order valence-corrected chi connectivity index (χ1v) is 7.16.